The number of carbonyl (C=O) groups is 1. The molecule has 1 amide bonds. The molecule has 1 atom stereocenters. The summed E-state index contributed by atoms with van der Waals surface area (Å²) < 4.78 is 17.7. The summed E-state index contributed by atoms with van der Waals surface area (Å²) in [5.74, 6) is 0. The van der Waals surface area contributed by atoms with Crippen LogP contribution < -0.4 is 0 Å². The van der Waals surface area contributed by atoms with Gasteiger partial charge in [-0.1, -0.05) is 0 Å². The lowest BCUT2D eigenvalue weighted by Gasteiger charge is -2.32. The summed E-state index contributed by atoms with van der Waals surface area (Å²) >= 11 is 0. The third-order valence-corrected chi connectivity index (χ3v) is 4.84. The van der Waals surface area contributed by atoms with Gasteiger partial charge in [-0.2, -0.15) is 0 Å². The molecule has 0 unspecified atom stereocenters. The standard InChI is InChI=1S/C14H21N3O3S/c1-14(2,3)20-13(18)17-8-4-11(5-9-17)21(19)12-10-15-6-7-16-12/h6-7,10-11H,4-5,8-9H2,1-3H3/t21-/m1/s1. The van der Waals surface area contributed by atoms with E-state index < -0.39 is 16.4 Å². The van der Waals surface area contributed by atoms with Gasteiger partial charge < -0.3 is 9.64 Å². The van der Waals surface area contributed by atoms with Gasteiger partial charge >= 0.3 is 6.09 Å². The van der Waals surface area contributed by atoms with Gasteiger partial charge in [-0.3, -0.25) is 9.19 Å². The Bertz CT molecular complexity index is 508. The van der Waals surface area contributed by atoms with Gasteiger partial charge in [0.25, 0.3) is 0 Å². The second-order valence-corrected chi connectivity index (χ2v) is 7.69. The SMILES string of the molecule is CC(C)(C)OC(=O)N1CCC([S@@](=O)c2cnccn2)CC1. The van der Waals surface area contributed by atoms with Crippen molar-refractivity contribution in [3.8, 4) is 0 Å². The summed E-state index contributed by atoms with van der Waals surface area (Å²) in [6.45, 7) is 6.67. The van der Waals surface area contributed by atoms with Crippen LogP contribution in [0.25, 0.3) is 0 Å². The highest BCUT2D eigenvalue weighted by molar-refractivity contribution is 7.85. The molecule has 0 radical (unpaired) electrons. The number of hydrogen-bond donors (Lipinski definition) is 0. The minimum Gasteiger partial charge on any atom is -0.444 e. The molecule has 0 spiro atoms. The Morgan fingerprint density at radius 1 is 1.33 bits per heavy atom. The Hall–Kier alpha value is -1.50. The molecule has 0 saturated carbocycles. The maximum atomic E-state index is 12.4. The van der Waals surface area contributed by atoms with E-state index in [9.17, 15) is 9.00 Å². The highest BCUT2D eigenvalue weighted by atomic mass is 32.2. The van der Waals surface area contributed by atoms with Crippen molar-refractivity contribution in [1.82, 2.24) is 14.9 Å². The first-order valence-corrected chi connectivity index (χ1v) is 8.22. The van der Waals surface area contributed by atoms with Gasteiger partial charge in [0.1, 0.15) is 10.6 Å². The number of carbonyl (C=O) groups excluding carboxylic acids is 1. The summed E-state index contributed by atoms with van der Waals surface area (Å²) in [5.41, 5.74) is -0.490. The number of ether oxygens (including phenoxy) is 1. The van der Waals surface area contributed by atoms with E-state index >= 15 is 0 Å². The maximum absolute atomic E-state index is 12.4. The van der Waals surface area contributed by atoms with E-state index in [1.165, 1.54) is 6.20 Å². The average molecular weight is 311 g/mol. The molecule has 21 heavy (non-hydrogen) atoms. The van der Waals surface area contributed by atoms with Crippen LogP contribution in [-0.4, -0.2) is 49.1 Å². The Balaban J connectivity index is 1.89. The molecule has 0 aromatic carbocycles. The van der Waals surface area contributed by atoms with Crippen molar-refractivity contribution < 1.29 is 13.7 Å². The number of nitrogens with zero attached hydrogens (tertiary/aromatic N) is 3. The van der Waals surface area contributed by atoms with Crippen LogP contribution in [0.3, 0.4) is 0 Å². The van der Waals surface area contributed by atoms with Gasteiger partial charge in [-0.15, -0.1) is 0 Å². The molecule has 6 nitrogen and oxygen atoms in total. The average Bonchev–Trinajstić information content (AvgIpc) is 2.46. The first kappa shape index (κ1) is 15.9. The Morgan fingerprint density at radius 3 is 2.52 bits per heavy atom. The Morgan fingerprint density at radius 2 is 2.00 bits per heavy atom. The third-order valence-electron chi connectivity index (χ3n) is 3.14. The molecule has 1 saturated heterocycles. The maximum Gasteiger partial charge on any atom is 0.410 e. The van der Waals surface area contributed by atoms with Crippen LogP contribution in [0.5, 0.6) is 0 Å². The minimum absolute atomic E-state index is 0.0142. The van der Waals surface area contributed by atoms with Crippen LogP contribution in [-0.2, 0) is 15.5 Å². The lowest BCUT2D eigenvalue weighted by Crippen LogP contribution is -2.43. The van der Waals surface area contributed by atoms with Gasteiger partial charge in [0.15, 0.2) is 0 Å². The van der Waals surface area contributed by atoms with Crippen molar-refractivity contribution in [1.29, 1.82) is 0 Å². The van der Waals surface area contributed by atoms with Crippen LogP contribution in [0.2, 0.25) is 0 Å². The molecule has 2 heterocycles. The predicted octanol–water partition coefficient (Wildman–Crippen LogP) is 1.98. The van der Waals surface area contributed by atoms with Crippen molar-refractivity contribution in [2.75, 3.05) is 13.1 Å². The van der Waals surface area contributed by atoms with Gasteiger partial charge in [0, 0.05) is 30.7 Å². The Kier molecular flexibility index (Phi) is 4.92. The zero-order chi connectivity index (χ0) is 15.5. The van der Waals surface area contributed by atoms with Gasteiger partial charge in [-0.25, -0.2) is 9.78 Å². The van der Waals surface area contributed by atoms with E-state index in [1.807, 2.05) is 20.8 Å². The Labute approximate surface area is 127 Å². The van der Waals surface area contributed by atoms with Crippen LogP contribution in [0.15, 0.2) is 23.6 Å². The fourth-order valence-electron chi connectivity index (χ4n) is 2.14. The number of piperidine rings is 1. The van der Waals surface area contributed by atoms with Gasteiger partial charge in [0.05, 0.1) is 17.0 Å². The molecule has 116 valence electrons. The lowest BCUT2D eigenvalue weighted by atomic mass is 10.1. The first-order chi connectivity index (χ1) is 9.87. The highest BCUT2D eigenvalue weighted by Gasteiger charge is 2.30. The third kappa shape index (κ3) is 4.49. The van der Waals surface area contributed by atoms with E-state index in [2.05, 4.69) is 9.97 Å². The molecule has 1 aliphatic heterocycles. The summed E-state index contributed by atoms with van der Waals surface area (Å²) in [6.07, 6.45) is 5.71. The molecule has 0 aliphatic carbocycles. The second kappa shape index (κ2) is 6.51. The van der Waals surface area contributed by atoms with Crippen LogP contribution in [0.1, 0.15) is 33.6 Å². The van der Waals surface area contributed by atoms with Crippen molar-refractivity contribution in [2.45, 2.75) is 49.5 Å². The monoisotopic (exact) mass is 311 g/mol. The fourth-order valence-corrected chi connectivity index (χ4v) is 3.45. The number of likely N-dealkylation sites (tertiary alicyclic amines) is 1. The number of amides is 1. The molecule has 1 aromatic heterocycles. The smallest absolute Gasteiger partial charge is 0.410 e. The second-order valence-electron chi connectivity index (χ2n) is 6.01. The molecule has 1 fully saturated rings. The van der Waals surface area contributed by atoms with Crippen LogP contribution in [0, 0.1) is 0 Å². The minimum atomic E-state index is -1.17. The highest BCUT2D eigenvalue weighted by Crippen LogP contribution is 2.21. The zero-order valence-electron chi connectivity index (χ0n) is 12.6. The van der Waals surface area contributed by atoms with Crippen molar-refractivity contribution >= 4 is 16.9 Å². The fraction of sp³-hybridized carbons (Fsp3) is 0.643. The molecule has 2 rings (SSSR count). The van der Waals surface area contributed by atoms with E-state index in [0.717, 1.165) is 0 Å². The molecule has 0 bridgehead atoms. The van der Waals surface area contributed by atoms with Crippen molar-refractivity contribution in [3.63, 3.8) is 0 Å². The quantitative estimate of drug-likeness (QED) is 0.835. The summed E-state index contributed by atoms with van der Waals surface area (Å²) in [5, 5.41) is 0.522. The molecule has 0 N–H and O–H groups in total. The number of aromatic nitrogens is 2. The molecular weight excluding hydrogens is 290 g/mol. The van der Waals surface area contributed by atoms with E-state index in [4.69, 9.17) is 4.74 Å². The van der Waals surface area contributed by atoms with E-state index in [-0.39, 0.29) is 11.3 Å². The predicted molar refractivity (Wildman–Crippen MR) is 79.3 cm³/mol. The van der Waals surface area contributed by atoms with Crippen LogP contribution >= 0.6 is 0 Å². The first-order valence-electron chi connectivity index (χ1n) is 7.01. The van der Waals surface area contributed by atoms with Crippen molar-refractivity contribution in [3.05, 3.63) is 18.6 Å². The lowest BCUT2D eigenvalue weighted by molar-refractivity contribution is 0.0218. The summed E-state index contributed by atoms with van der Waals surface area (Å²) in [7, 11) is -1.17. The zero-order valence-corrected chi connectivity index (χ0v) is 13.4. The summed E-state index contributed by atoms with van der Waals surface area (Å²) in [4.78, 5) is 21.7. The summed E-state index contributed by atoms with van der Waals surface area (Å²) in [6, 6.07) is 0. The van der Waals surface area contributed by atoms with Gasteiger partial charge in [0.2, 0.25) is 0 Å². The van der Waals surface area contributed by atoms with Gasteiger partial charge in [-0.05, 0) is 33.6 Å². The normalized spacial score (nSPS) is 18.3. The van der Waals surface area contributed by atoms with E-state index in [1.54, 1.807) is 17.3 Å². The molecule has 1 aromatic rings. The molecular formula is C14H21N3O3S. The largest absolute Gasteiger partial charge is 0.444 e. The molecule has 1 aliphatic rings. The van der Waals surface area contributed by atoms with Crippen LogP contribution in [0.4, 0.5) is 4.79 Å². The topological polar surface area (TPSA) is 72.4 Å². The molecule has 7 heteroatoms. The number of rotatable bonds is 2. The van der Waals surface area contributed by atoms with Crippen molar-refractivity contribution in [2.24, 2.45) is 0 Å². The number of hydrogen-bond acceptors (Lipinski definition) is 5. The van der Waals surface area contributed by atoms with E-state index in [0.29, 0.717) is 31.0 Å².